The molecule has 5 heteroatoms. The van der Waals surface area contributed by atoms with E-state index in [1.165, 1.54) is 7.11 Å². The summed E-state index contributed by atoms with van der Waals surface area (Å²) in [6.45, 7) is 5.95. The van der Waals surface area contributed by atoms with E-state index < -0.39 is 5.54 Å². The fourth-order valence-electron chi connectivity index (χ4n) is 2.10. The number of hydrogen-bond donors (Lipinski definition) is 1. The minimum atomic E-state index is -0.878. The normalized spacial score (nSPS) is 13.7. The Balaban J connectivity index is 2.81. The molecule has 0 spiro atoms. The van der Waals surface area contributed by atoms with Crippen molar-refractivity contribution in [1.82, 2.24) is 5.32 Å². The smallest absolute Gasteiger partial charge is 0.329 e. The van der Waals surface area contributed by atoms with Crippen LogP contribution in [0.5, 0.6) is 5.75 Å². The first kappa shape index (κ1) is 17.3. The Hall–Kier alpha value is -1.75. The predicted octanol–water partition coefficient (Wildman–Crippen LogP) is 2.06. The second kappa shape index (κ2) is 7.31. The van der Waals surface area contributed by atoms with Gasteiger partial charge < -0.3 is 14.4 Å². The summed E-state index contributed by atoms with van der Waals surface area (Å²) in [5, 5.41) is 3.20. The highest BCUT2D eigenvalue weighted by Crippen LogP contribution is 2.21. The number of rotatable bonds is 7. The van der Waals surface area contributed by atoms with Gasteiger partial charge in [-0.05, 0) is 32.9 Å². The summed E-state index contributed by atoms with van der Waals surface area (Å²) in [7, 11) is 5.32. The van der Waals surface area contributed by atoms with Crippen molar-refractivity contribution in [1.29, 1.82) is 0 Å². The van der Waals surface area contributed by atoms with Gasteiger partial charge in [0.25, 0.3) is 0 Å². The zero-order valence-corrected chi connectivity index (χ0v) is 13.8. The predicted molar refractivity (Wildman–Crippen MR) is 85.0 cm³/mol. The number of ether oxygens (including phenoxy) is 2. The quantitative estimate of drug-likeness (QED) is 0.780. The van der Waals surface area contributed by atoms with E-state index in [1.807, 2.05) is 57.1 Å². The van der Waals surface area contributed by atoms with Gasteiger partial charge >= 0.3 is 5.97 Å². The van der Waals surface area contributed by atoms with Crippen LogP contribution in [0.15, 0.2) is 24.3 Å². The molecule has 1 atom stereocenters. The number of hydrogen-bond acceptors (Lipinski definition) is 5. The highest BCUT2D eigenvalue weighted by atomic mass is 16.5. The van der Waals surface area contributed by atoms with Crippen LogP contribution in [0.4, 0.5) is 5.69 Å². The molecule has 1 aromatic carbocycles. The molecule has 21 heavy (non-hydrogen) atoms. The summed E-state index contributed by atoms with van der Waals surface area (Å²) >= 11 is 0. The lowest BCUT2D eigenvalue weighted by atomic mass is 10.0. The van der Waals surface area contributed by atoms with E-state index in [0.717, 1.165) is 11.4 Å². The van der Waals surface area contributed by atoms with Crippen molar-refractivity contribution in [2.45, 2.75) is 32.4 Å². The third-order valence-electron chi connectivity index (χ3n) is 3.10. The van der Waals surface area contributed by atoms with Crippen LogP contribution in [0.2, 0.25) is 0 Å². The zero-order valence-electron chi connectivity index (χ0n) is 13.8. The molecule has 1 N–H and O–H groups in total. The average molecular weight is 294 g/mol. The summed E-state index contributed by atoms with van der Waals surface area (Å²) in [6, 6.07) is 7.88. The zero-order chi connectivity index (χ0) is 16.0. The summed E-state index contributed by atoms with van der Waals surface area (Å²) in [4.78, 5) is 14.0. The molecule has 118 valence electrons. The first-order valence-electron chi connectivity index (χ1n) is 7.05. The van der Waals surface area contributed by atoms with Gasteiger partial charge in [-0.15, -0.1) is 0 Å². The van der Waals surface area contributed by atoms with E-state index in [-0.39, 0.29) is 18.6 Å². The van der Waals surface area contributed by atoms with E-state index in [9.17, 15) is 4.79 Å². The molecule has 0 saturated carbocycles. The topological polar surface area (TPSA) is 50.8 Å². The highest BCUT2D eigenvalue weighted by molar-refractivity contribution is 5.80. The van der Waals surface area contributed by atoms with Gasteiger partial charge in [0.1, 0.15) is 17.9 Å². The molecule has 0 radical (unpaired) electrons. The number of benzene rings is 1. The minimum absolute atomic E-state index is 0.144. The molecular weight excluding hydrogens is 268 g/mol. The second-order valence-electron chi connectivity index (χ2n) is 5.80. The fraction of sp³-hybridized carbons (Fsp3) is 0.562. The molecule has 0 fully saturated rings. The molecule has 0 amide bonds. The lowest BCUT2D eigenvalue weighted by molar-refractivity contribution is -0.149. The molecule has 0 aliphatic rings. The molecule has 5 nitrogen and oxygen atoms in total. The van der Waals surface area contributed by atoms with E-state index in [0.29, 0.717) is 0 Å². The van der Waals surface area contributed by atoms with Crippen LogP contribution in [0.3, 0.4) is 0 Å². The van der Waals surface area contributed by atoms with Crippen LogP contribution in [-0.4, -0.2) is 45.4 Å². The van der Waals surface area contributed by atoms with Gasteiger partial charge in [-0.25, -0.2) is 4.79 Å². The molecule has 0 heterocycles. The van der Waals surface area contributed by atoms with Crippen LogP contribution in [0.1, 0.15) is 20.8 Å². The van der Waals surface area contributed by atoms with Crippen LogP contribution in [0.25, 0.3) is 0 Å². The summed E-state index contributed by atoms with van der Waals surface area (Å²) in [5.74, 6) is 0.391. The first-order chi connectivity index (χ1) is 9.78. The number of nitrogens with one attached hydrogen (secondary N) is 1. The molecule has 0 aliphatic heterocycles. The monoisotopic (exact) mass is 294 g/mol. The second-order valence-corrected chi connectivity index (χ2v) is 5.80. The number of esters is 1. The largest absolute Gasteiger partial charge is 0.491 e. The van der Waals surface area contributed by atoms with Gasteiger partial charge in [-0.3, -0.25) is 5.32 Å². The molecule has 1 unspecified atom stereocenters. The fourth-order valence-corrected chi connectivity index (χ4v) is 2.10. The molecule has 0 aliphatic carbocycles. The highest BCUT2D eigenvalue weighted by Gasteiger charge is 2.35. The third-order valence-corrected chi connectivity index (χ3v) is 3.10. The Morgan fingerprint density at radius 1 is 1.38 bits per heavy atom. The van der Waals surface area contributed by atoms with E-state index in [1.54, 1.807) is 6.92 Å². The Kier molecular flexibility index (Phi) is 6.03. The summed E-state index contributed by atoms with van der Waals surface area (Å²) < 4.78 is 10.7. The van der Waals surface area contributed by atoms with Crippen molar-refractivity contribution < 1.29 is 14.3 Å². The van der Waals surface area contributed by atoms with Crippen LogP contribution < -0.4 is 15.0 Å². The standard InChI is InChI=1S/C16H26N2O3/c1-12(2)17-16(3,15(19)20-6)11-21-14-9-7-8-13(10-14)18(4)5/h7-10,12,17H,11H2,1-6H3. The van der Waals surface area contributed by atoms with Gasteiger partial charge in [0.05, 0.1) is 7.11 Å². The molecule has 1 aromatic rings. The van der Waals surface area contributed by atoms with Crippen molar-refractivity contribution in [2.24, 2.45) is 0 Å². The Bertz CT molecular complexity index is 474. The van der Waals surface area contributed by atoms with Gasteiger partial charge in [0, 0.05) is 31.9 Å². The number of carbonyl (C=O) groups excluding carboxylic acids is 1. The number of nitrogens with zero attached hydrogens (tertiary/aromatic N) is 1. The Morgan fingerprint density at radius 2 is 2.05 bits per heavy atom. The van der Waals surface area contributed by atoms with Gasteiger partial charge in [-0.1, -0.05) is 6.07 Å². The first-order valence-corrected chi connectivity index (χ1v) is 7.05. The summed E-state index contributed by atoms with van der Waals surface area (Å²) in [6.07, 6.45) is 0. The number of carbonyl (C=O) groups is 1. The lowest BCUT2D eigenvalue weighted by Gasteiger charge is -2.30. The van der Waals surface area contributed by atoms with Gasteiger partial charge in [-0.2, -0.15) is 0 Å². The van der Waals surface area contributed by atoms with Crippen LogP contribution in [0, 0.1) is 0 Å². The van der Waals surface area contributed by atoms with Crippen molar-refractivity contribution >= 4 is 11.7 Å². The number of anilines is 1. The molecule has 1 rings (SSSR count). The van der Waals surface area contributed by atoms with Crippen LogP contribution >= 0.6 is 0 Å². The molecule has 0 saturated heterocycles. The SMILES string of the molecule is COC(=O)C(C)(COc1cccc(N(C)C)c1)NC(C)C. The third kappa shape index (κ3) is 4.93. The van der Waals surface area contributed by atoms with Gasteiger partial charge in [0.15, 0.2) is 0 Å². The number of methoxy groups -OCH3 is 1. The van der Waals surface area contributed by atoms with Crippen molar-refractivity contribution in [2.75, 3.05) is 32.7 Å². The van der Waals surface area contributed by atoms with E-state index >= 15 is 0 Å². The maximum atomic E-state index is 12.0. The van der Waals surface area contributed by atoms with Crippen LogP contribution in [-0.2, 0) is 9.53 Å². The lowest BCUT2D eigenvalue weighted by Crippen LogP contribution is -2.56. The van der Waals surface area contributed by atoms with E-state index in [4.69, 9.17) is 9.47 Å². The van der Waals surface area contributed by atoms with Crippen molar-refractivity contribution in [3.63, 3.8) is 0 Å². The Labute approximate surface area is 127 Å². The van der Waals surface area contributed by atoms with Crippen molar-refractivity contribution in [3.8, 4) is 5.75 Å². The average Bonchev–Trinajstić information content (AvgIpc) is 2.43. The van der Waals surface area contributed by atoms with E-state index in [2.05, 4.69) is 5.32 Å². The summed E-state index contributed by atoms with van der Waals surface area (Å²) in [5.41, 5.74) is 0.168. The van der Waals surface area contributed by atoms with Gasteiger partial charge in [0.2, 0.25) is 0 Å². The maximum absolute atomic E-state index is 12.0. The Morgan fingerprint density at radius 3 is 2.57 bits per heavy atom. The van der Waals surface area contributed by atoms with Crippen molar-refractivity contribution in [3.05, 3.63) is 24.3 Å². The minimum Gasteiger partial charge on any atom is -0.491 e. The molecular formula is C16H26N2O3. The molecule has 0 aromatic heterocycles. The molecule has 0 bridgehead atoms. The maximum Gasteiger partial charge on any atom is 0.329 e.